The molecule has 2 atom stereocenters. The zero-order valence-corrected chi connectivity index (χ0v) is 12.3. The second-order valence-corrected chi connectivity index (χ2v) is 5.11. The van der Waals surface area contributed by atoms with Crippen molar-refractivity contribution in [2.75, 3.05) is 6.54 Å². The normalized spacial score (nSPS) is 13.9. The molecule has 3 N–H and O–H groups in total. The van der Waals surface area contributed by atoms with Crippen LogP contribution in [0.4, 0.5) is 0 Å². The molecule has 0 bridgehead atoms. The summed E-state index contributed by atoms with van der Waals surface area (Å²) in [5.74, 6) is 0.570. The fourth-order valence-electron chi connectivity index (χ4n) is 1.99. The highest BCUT2D eigenvalue weighted by Crippen LogP contribution is 2.18. The van der Waals surface area contributed by atoms with E-state index < -0.39 is 0 Å². The van der Waals surface area contributed by atoms with Crippen LogP contribution in [0.3, 0.4) is 0 Å². The van der Waals surface area contributed by atoms with E-state index in [-0.39, 0.29) is 11.8 Å². The van der Waals surface area contributed by atoms with Gasteiger partial charge in [0, 0.05) is 19.0 Å². The Morgan fingerprint density at radius 1 is 1.21 bits per heavy atom. The van der Waals surface area contributed by atoms with Gasteiger partial charge in [0.1, 0.15) is 0 Å². The summed E-state index contributed by atoms with van der Waals surface area (Å²) in [6.45, 7) is 7.39. The monoisotopic (exact) mass is 262 g/mol. The molecular weight excluding hydrogens is 236 g/mol. The third kappa shape index (κ3) is 4.67. The van der Waals surface area contributed by atoms with Crippen molar-refractivity contribution in [1.82, 2.24) is 5.32 Å². The summed E-state index contributed by atoms with van der Waals surface area (Å²) in [5, 5.41) is 2.94. The summed E-state index contributed by atoms with van der Waals surface area (Å²) < 4.78 is 0. The molecule has 1 amide bonds. The Kier molecular flexibility index (Phi) is 6.57. The molecule has 0 aromatic heterocycles. The van der Waals surface area contributed by atoms with Crippen LogP contribution in [0, 0.1) is 5.92 Å². The van der Waals surface area contributed by atoms with Gasteiger partial charge in [0.25, 0.3) is 0 Å². The molecule has 0 radical (unpaired) electrons. The SMILES string of the molecule is CCC(CN)C(=O)NCc1ccc(C(C)CC)cc1. The van der Waals surface area contributed by atoms with Gasteiger partial charge in [0.2, 0.25) is 5.91 Å². The minimum atomic E-state index is -0.0700. The molecule has 1 aromatic rings. The van der Waals surface area contributed by atoms with Crippen LogP contribution in [0.2, 0.25) is 0 Å². The third-order valence-corrected chi connectivity index (χ3v) is 3.78. The molecule has 1 rings (SSSR count). The molecule has 0 saturated heterocycles. The van der Waals surface area contributed by atoms with Crippen molar-refractivity contribution < 1.29 is 4.79 Å². The van der Waals surface area contributed by atoms with E-state index in [9.17, 15) is 4.79 Å². The standard InChI is InChI=1S/C16H26N2O/c1-4-12(3)15-8-6-13(7-9-15)11-18-16(19)14(5-2)10-17/h6-9,12,14H,4-5,10-11,17H2,1-3H3,(H,18,19). The van der Waals surface area contributed by atoms with Gasteiger partial charge in [-0.15, -0.1) is 0 Å². The first-order valence-corrected chi connectivity index (χ1v) is 7.18. The van der Waals surface area contributed by atoms with Crippen molar-refractivity contribution in [2.24, 2.45) is 11.7 Å². The first-order chi connectivity index (χ1) is 9.12. The van der Waals surface area contributed by atoms with Gasteiger partial charge >= 0.3 is 0 Å². The second kappa shape index (κ2) is 7.95. The van der Waals surface area contributed by atoms with Crippen molar-refractivity contribution in [3.05, 3.63) is 35.4 Å². The molecule has 106 valence electrons. The number of hydrogen-bond donors (Lipinski definition) is 2. The molecule has 3 heteroatoms. The van der Waals surface area contributed by atoms with Gasteiger partial charge in [0.15, 0.2) is 0 Å². The summed E-state index contributed by atoms with van der Waals surface area (Å²) in [7, 11) is 0. The summed E-state index contributed by atoms with van der Waals surface area (Å²) >= 11 is 0. The Morgan fingerprint density at radius 2 is 1.84 bits per heavy atom. The second-order valence-electron chi connectivity index (χ2n) is 5.11. The molecule has 0 heterocycles. The van der Waals surface area contributed by atoms with Crippen molar-refractivity contribution in [1.29, 1.82) is 0 Å². The summed E-state index contributed by atoms with van der Waals surface area (Å²) in [5.41, 5.74) is 8.05. The minimum absolute atomic E-state index is 0.0519. The molecule has 3 nitrogen and oxygen atoms in total. The predicted molar refractivity (Wildman–Crippen MR) is 79.8 cm³/mol. The molecule has 0 spiro atoms. The lowest BCUT2D eigenvalue weighted by molar-refractivity contribution is -0.124. The Hall–Kier alpha value is -1.35. The van der Waals surface area contributed by atoms with Crippen LogP contribution >= 0.6 is 0 Å². The molecule has 19 heavy (non-hydrogen) atoms. The number of nitrogens with two attached hydrogens (primary N) is 1. The maximum Gasteiger partial charge on any atom is 0.224 e. The lowest BCUT2D eigenvalue weighted by atomic mass is 9.97. The van der Waals surface area contributed by atoms with Crippen LogP contribution in [0.25, 0.3) is 0 Å². The van der Waals surface area contributed by atoms with Gasteiger partial charge in [-0.2, -0.15) is 0 Å². The summed E-state index contributed by atoms with van der Waals surface area (Å²) in [6, 6.07) is 8.47. The maximum absolute atomic E-state index is 11.8. The molecule has 0 aliphatic rings. The highest BCUT2D eigenvalue weighted by Gasteiger charge is 2.13. The van der Waals surface area contributed by atoms with E-state index in [4.69, 9.17) is 5.73 Å². The number of carbonyl (C=O) groups excluding carboxylic acids is 1. The van der Waals surface area contributed by atoms with Gasteiger partial charge in [-0.1, -0.05) is 45.0 Å². The van der Waals surface area contributed by atoms with Crippen LogP contribution in [-0.4, -0.2) is 12.5 Å². The highest BCUT2D eigenvalue weighted by atomic mass is 16.1. The average molecular weight is 262 g/mol. The highest BCUT2D eigenvalue weighted by molar-refractivity contribution is 5.78. The minimum Gasteiger partial charge on any atom is -0.352 e. The van der Waals surface area contributed by atoms with Crippen LogP contribution in [0.1, 0.15) is 50.7 Å². The number of carbonyl (C=O) groups is 1. The fourth-order valence-corrected chi connectivity index (χ4v) is 1.99. The number of hydrogen-bond acceptors (Lipinski definition) is 2. The van der Waals surface area contributed by atoms with Crippen LogP contribution < -0.4 is 11.1 Å². The third-order valence-electron chi connectivity index (χ3n) is 3.78. The van der Waals surface area contributed by atoms with Crippen molar-refractivity contribution in [3.8, 4) is 0 Å². The predicted octanol–water partition coefficient (Wildman–Crippen LogP) is 2.80. The van der Waals surface area contributed by atoms with Crippen LogP contribution in [0.5, 0.6) is 0 Å². The first kappa shape index (κ1) is 15.7. The Labute approximate surface area is 116 Å². The van der Waals surface area contributed by atoms with Crippen LogP contribution in [-0.2, 0) is 11.3 Å². The van der Waals surface area contributed by atoms with Crippen molar-refractivity contribution in [3.63, 3.8) is 0 Å². The maximum atomic E-state index is 11.8. The Bertz CT molecular complexity index is 382. The lowest BCUT2D eigenvalue weighted by Crippen LogP contribution is -2.34. The Morgan fingerprint density at radius 3 is 2.32 bits per heavy atom. The largest absolute Gasteiger partial charge is 0.352 e. The number of nitrogens with one attached hydrogen (secondary N) is 1. The fraction of sp³-hybridized carbons (Fsp3) is 0.562. The zero-order chi connectivity index (χ0) is 14.3. The van der Waals surface area contributed by atoms with E-state index in [0.717, 1.165) is 18.4 Å². The number of amides is 1. The molecule has 0 aliphatic carbocycles. The van der Waals surface area contributed by atoms with E-state index in [0.29, 0.717) is 19.0 Å². The quantitative estimate of drug-likeness (QED) is 0.794. The van der Waals surface area contributed by atoms with E-state index in [1.165, 1.54) is 5.56 Å². The van der Waals surface area contributed by atoms with Gasteiger partial charge < -0.3 is 11.1 Å². The number of rotatable bonds is 7. The van der Waals surface area contributed by atoms with E-state index in [1.54, 1.807) is 0 Å². The lowest BCUT2D eigenvalue weighted by Gasteiger charge is -2.13. The molecular formula is C16H26N2O. The topological polar surface area (TPSA) is 55.1 Å². The van der Waals surface area contributed by atoms with Gasteiger partial charge in [-0.25, -0.2) is 0 Å². The van der Waals surface area contributed by atoms with E-state index >= 15 is 0 Å². The molecule has 0 aliphatic heterocycles. The van der Waals surface area contributed by atoms with Gasteiger partial charge in [-0.05, 0) is 29.9 Å². The molecule has 1 aromatic carbocycles. The van der Waals surface area contributed by atoms with Crippen molar-refractivity contribution in [2.45, 2.75) is 46.1 Å². The van der Waals surface area contributed by atoms with Gasteiger partial charge in [0.05, 0.1) is 0 Å². The average Bonchev–Trinajstić information content (AvgIpc) is 2.46. The zero-order valence-electron chi connectivity index (χ0n) is 12.3. The van der Waals surface area contributed by atoms with Crippen molar-refractivity contribution >= 4 is 5.91 Å². The molecule has 0 saturated carbocycles. The smallest absolute Gasteiger partial charge is 0.224 e. The number of benzene rings is 1. The van der Waals surface area contributed by atoms with Gasteiger partial charge in [-0.3, -0.25) is 4.79 Å². The molecule has 0 fully saturated rings. The van der Waals surface area contributed by atoms with E-state index in [2.05, 4.69) is 43.4 Å². The molecule has 2 unspecified atom stereocenters. The first-order valence-electron chi connectivity index (χ1n) is 7.18. The Balaban J connectivity index is 2.52. The summed E-state index contributed by atoms with van der Waals surface area (Å²) in [6.07, 6.45) is 1.93. The van der Waals surface area contributed by atoms with E-state index in [1.807, 2.05) is 6.92 Å². The summed E-state index contributed by atoms with van der Waals surface area (Å²) in [4.78, 5) is 11.8. The van der Waals surface area contributed by atoms with Crippen LogP contribution in [0.15, 0.2) is 24.3 Å².